The maximum Gasteiger partial charge on any atom is 0.238 e. The molecule has 1 aliphatic carbocycles. The van der Waals surface area contributed by atoms with Crippen molar-refractivity contribution in [1.82, 2.24) is 4.98 Å². The molecule has 0 radical (unpaired) electrons. The van der Waals surface area contributed by atoms with Gasteiger partial charge in [0.2, 0.25) is 10.0 Å². The Morgan fingerprint density at radius 3 is 2.36 bits per heavy atom. The third-order valence-corrected chi connectivity index (χ3v) is 6.29. The quantitative estimate of drug-likeness (QED) is 0.681. The Kier molecular flexibility index (Phi) is 5.33. The van der Waals surface area contributed by atoms with Crippen LogP contribution in [0.1, 0.15) is 55.2 Å². The number of primary sulfonamides is 1. The molecule has 0 saturated heterocycles. The Morgan fingerprint density at radius 1 is 0.964 bits per heavy atom. The molecule has 0 atom stereocenters. The highest BCUT2D eigenvalue weighted by Crippen LogP contribution is 2.40. The van der Waals surface area contributed by atoms with E-state index >= 15 is 0 Å². The smallest absolute Gasteiger partial charge is 0.238 e. The van der Waals surface area contributed by atoms with Crippen LogP contribution in [0.25, 0.3) is 11.3 Å². The van der Waals surface area contributed by atoms with Gasteiger partial charge in [0.1, 0.15) is 11.5 Å². The summed E-state index contributed by atoms with van der Waals surface area (Å²) in [5.74, 6) is 1.65. The number of aromatic nitrogens is 1. The van der Waals surface area contributed by atoms with Crippen LogP contribution in [0, 0.1) is 0 Å². The predicted molar refractivity (Wildman–Crippen MR) is 108 cm³/mol. The van der Waals surface area contributed by atoms with E-state index in [2.05, 4.69) is 0 Å². The fourth-order valence-corrected chi connectivity index (χ4v) is 4.71. The van der Waals surface area contributed by atoms with Crippen LogP contribution in [0.15, 0.2) is 63.9 Å². The van der Waals surface area contributed by atoms with Crippen LogP contribution >= 0.6 is 0 Å². The van der Waals surface area contributed by atoms with Crippen molar-refractivity contribution < 1.29 is 12.8 Å². The molecule has 1 heterocycles. The average molecular weight is 397 g/mol. The van der Waals surface area contributed by atoms with Crippen molar-refractivity contribution in [3.63, 3.8) is 0 Å². The molecular formula is C22H24N2O3S. The Morgan fingerprint density at radius 2 is 1.64 bits per heavy atom. The summed E-state index contributed by atoms with van der Waals surface area (Å²) in [5, 5.41) is 5.47. The molecule has 2 N–H and O–H groups in total. The Labute approximate surface area is 165 Å². The van der Waals surface area contributed by atoms with E-state index in [1.165, 1.54) is 12.5 Å². The highest BCUT2D eigenvalue weighted by atomic mass is 32.2. The molecule has 1 aliphatic rings. The molecule has 0 amide bonds. The van der Waals surface area contributed by atoms with E-state index in [4.69, 9.17) is 14.5 Å². The Bertz CT molecular complexity index is 1050. The summed E-state index contributed by atoms with van der Waals surface area (Å²) >= 11 is 0. The first-order chi connectivity index (χ1) is 13.5. The lowest BCUT2D eigenvalue weighted by atomic mass is 9.86. The van der Waals surface area contributed by atoms with Gasteiger partial charge >= 0.3 is 0 Å². The number of benzene rings is 2. The molecular weight excluding hydrogens is 372 g/mol. The van der Waals surface area contributed by atoms with Crippen LogP contribution in [0.3, 0.4) is 0 Å². The molecule has 0 spiro atoms. The molecule has 1 saturated carbocycles. The fourth-order valence-electron chi connectivity index (χ4n) is 3.97. The van der Waals surface area contributed by atoms with Gasteiger partial charge in [0, 0.05) is 17.9 Å². The van der Waals surface area contributed by atoms with Crippen LogP contribution in [0.4, 0.5) is 0 Å². The van der Waals surface area contributed by atoms with Crippen LogP contribution in [0.5, 0.6) is 0 Å². The number of rotatable bonds is 5. The van der Waals surface area contributed by atoms with Gasteiger partial charge in [-0.2, -0.15) is 0 Å². The highest BCUT2D eigenvalue weighted by molar-refractivity contribution is 7.89. The van der Waals surface area contributed by atoms with Crippen molar-refractivity contribution in [3.8, 4) is 11.3 Å². The summed E-state index contributed by atoms with van der Waals surface area (Å²) in [5.41, 5.74) is 2.24. The molecule has 1 aromatic heterocycles. The molecule has 6 heteroatoms. The molecule has 5 nitrogen and oxygen atoms in total. The average Bonchev–Trinajstić information content (AvgIpc) is 3.12. The number of hydrogen-bond donors (Lipinski definition) is 1. The van der Waals surface area contributed by atoms with Gasteiger partial charge in [-0.25, -0.2) is 18.5 Å². The maximum atomic E-state index is 12.1. The van der Waals surface area contributed by atoms with Gasteiger partial charge < -0.3 is 4.42 Å². The van der Waals surface area contributed by atoms with Gasteiger partial charge in [-0.3, -0.25) is 0 Å². The van der Waals surface area contributed by atoms with Crippen molar-refractivity contribution in [2.45, 2.75) is 49.3 Å². The standard InChI is InChI=1S/C22H24N2O3S/c23-28(25,26)19-14-8-7-13-18(19)21-22(17-11-5-2-6-12-17)27-20(24-21)15-16-9-3-1-4-10-16/h1,3-4,7-10,13-14,17H,2,5-6,11-12,15H2,(H2,23,25,26). The van der Waals surface area contributed by atoms with Crippen molar-refractivity contribution >= 4 is 10.0 Å². The minimum absolute atomic E-state index is 0.0895. The third-order valence-electron chi connectivity index (χ3n) is 5.32. The summed E-state index contributed by atoms with van der Waals surface area (Å²) in [6.07, 6.45) is 6.16. The van der Waals surface area contributed by atoms with Crippen LogP contribution < -0.4 is 5.14 Å². The SMILES string of the molecule is NS(=O)(=O)c1ccccc1-c1nc(Cc2ccccc2)oc1C1CCCCC1. The molecule has 146 valence electrons. The molecule has 3 aromatic rings. The third kappa shape index (κ3) is 4.03. The second kappa shape index (κ2) is 7.89. The fraction of sp³-hybridized carbons (Fsp3) is 0.318. The molecule has 0 aliphatic heterocycles. The normalized spacial score (nSPS) is 15.6. The molecule has 2 aromatic carbocycles. The zero-order chi connectivity index (χ0) is 19.6. The number of hydrogen-bond acceptors (Lipinski definition) is 4. The molecule has 28 heavy (non-hydrogen) atoms. The van der Waals surface area contributed by atoms with E-state index in [0.717, 1.165) is 37.0 Å². The molecule has 0 bridgehead atoms. The Hall–Kier alpha value is -2.44. The van der Waals surface area contributed by atoms with E-state index in [0.29, 0.717) is 23.6 Å². The summed E-state index contributed by atoms with van der Waals surface area (Å²) < 4.78 is 30.5. The zero-order valence-corrected chi connectivity index (χ0v) is 16.5. The van der Waals surface area contributed by atoms with E-state index in [1.54, 1.807) is 18.2 Å². The number of nitrogens with zero attached hydrogens (tertiary/aromatic N) is 1. The number of oxazole rings is 1. The Balaban J connectivity index is 1.81. The van der Waals surface area contributed by atoms with Crippen molar-refractivity contribution in [2.75, 3.05) is 0 Å². The van der Waals surface area contributed by atoms with Crippen LogP contribution in [-0.4, -0.2) is 13.4 Å². The van der Waals surface area contributed by atoms with E-state index < -0.39 is 10.0 Å². The summed E-state index contributed by atoms with van der Waals surface area (Å²) in [7, 11) is -3.86. The first-order valence-electron chi connectivity index (χ1n) is 9.68. The molecule has 1 fully saturated rings. The lowest BCUT2D eigenvalue weighted by Crippen LogP contribution is -2.14. The monoisotopic (exact) mass is 396 g/mol. The lowest BCUT2D eigenvalue weighted by molar-refractivity contribution is 0.363. The summed E-state index contributed by atoms with van der Waals surface area (Å²) in [4.78, 5) is 4.83. The number of sulfonamides is 1. The largest absolute Gasteiger partial charge is 0.444 e. The highest BCUT2D eigenvalue weighted by Gasteiger charge is 2.28. The molecule has 0 unspecified atom stereocenters. The minimum atomic E-state index is -3.86. The topological polar surface area (TPSA) is 86.2 Å². The van der Waals surface area contributed by atoms with Gasteiger partial charge in [-0.05, 0) is 24.5 Å². The van der Waals surface area contributed by atoms with Gasteiger partial charge in [0.15, 0.2) is 5.89 Å². The summed E-state index contributed by atoms with van der Waals surface area (Å²) in [6, 6.07) is 16.8. The van der Waals surface area contributed by atoms with Crippen molar-refractivity contribution in [1.29, 1.82) is 0 Å². The van der Waals surface area contributed by atoms with Crippen molar-refractivity contribution in [2.24, 2.45) is 5.14 Å². The first-order valence-corrected chi connectivity index (χ1v) is 11.2. The molecule has 4 rings (SSSR count). The maximum absolute atomic E-state index is 12.1. The van der Waals surface area contributed by atoms with E-state index in [-0.39, 0.29) is 10.8 Å². The van der Waals surface area contributed by atoms with Gasteiger partial charge in [0.25, 0.3) is 0 Å². The van der Waals surface area contributed by atoms with Gasteiger partial charge in [-0.1, -0.05) is 67.8 Å². The van der Waals surface area contributed by atoms with Gasteiger partial charge in [0.05, 0.1) is 4.90 Å². The zero-order valence-electron chi connectivity index (χ0n) is 15.7. The predicted octanol–water partition coefficient (Wildman–Crippen LogP) is 4.63. The van der Waals surface area contributed by atoms with Gasteiger partial charge in [-0.15, -0.1) is 0 Å². The minimum Gasteiger partial charge on any atom is -0.444 e. The summed E-state index contributed by atoms with van der Waals surface area (Å²) in [6.45, 7) is 0. The second-order valence-electron chi connectivity index (χ2n) is 7.36. The first kappa shape index (κ1) is 18.9. The number of nitrogens with two attached hydrogens (primary N) is 1. The van der Waals surface area contributed by atoms with E-state index in [1.807, 2.05) is 30.3 Å². The second-order valence-corrected chi connectivity index (χ2v) is 8.89. The van der Waals surface area contributed by atoms with Crippen LogP contribution in [0.2, 0.25) is 0 Å². The van der Waals surface area contributed by atoms with Crippen LogP contribution in [-0.2, 0) is 16.4 Å². The van der Waals surface area contributed by atoms with Crippen molar-refractivity contribution in [3.05, 3.63) is 71.8 Å². The lowest BCUT2D eigenvalue weighted by Gasteiger charge is -2.20. The van der Waals surface area contributed by atoms with E-state index in [9.17, 15) is 8.42 Å².